The van der Waals surface area contributed by atoms with Crippen LogP contribution in [0, 0.1) is 0 Å². The first-order valence-electron chi connectivity index (χ1n) is 6.24. The summed E-state index contributed by atoms with van der Waals surface area (Å²) in [5.41, 5.74) is 2.19. The molecule has 2 aromatic rings. The van der Waals surface area contributed by atoms with Crippen LogP contribution >= 0.6 is 0 Å². The van der Waals surface area contributed by atoms with Crippen LogP contribution in [-0.4, -0.2) is 65.0 Å². The molecule has 0 saturated heterocycles. The Balaban J connectivity index is 2.40. The number of benzene rings is 1. The second kappa shape index (κ2) is 7.19. The molecule has 0 fully saturated rings. The third kappa shape index (κ3) is 3.72. The number of hydrogen-bond donors (Lipinski definition) is 0. The molecule has 0 radical (unpaired) electrons. The fraction of sp³-hybridized carbons (Fsp3) is 0.286. The zero-order valence-corrected chi connectivity index (χ0v) is 17.1. The Bertz CT molecular complexity index is 625. The molecule has 0 N–H and O–H groups in total. The van der Waals surface area contributed by atoms with E-state index in [1.807, 2.05) is 18.3 Å². The van der Waals surface area contributed by atoms with Crippen molar-refractivity contribution in [3.8, 4) is 17.2 Å². The molecule has 21 heavy (non-hydrogen) atoms. The van der Waals surface area contributed by atoms with E-state index in [9.17, 15) is 0 Å². The number of nitrogens with zero attached hydrogens (tertiary/aromatic N) is 2. The van der Waals surface area contributed by atoms with E-state index in [-0.39, 0.29) is 0 Å². The van der Waals surface area contributed by atoms with Crippen molar-refractivity contribution in [1.29, 1.82) is 0 Å². The van der Waals surface area contributed by atoms with E-state index in [0.29, 0.717) is 17.2 Å². The average molecular weight is 412 g/mol. The molecular formula is C14H18As2N2O3. The van der Waals surface area contributed by atoms with Gasteiger partial charge in [-0.15, -0.1) is 0 Å². The van der Waals surface area contributed by atoms with E-state index < -0.39 is 0 Å². The van der Waals surface area contributed by atoms with Crippen LogP contribution in [-0.2, 0) is 6.42 Å². The number of ether oxygens (including phenoxy) is 3. The van der Waals surface area contributed by atoms with E-state index >= 15 is 0 Å². The van der Waals surface area contributed by atoms with Crippen molar-refractivity contribution >= 4 is 42.8 Å². The third-order valence-electron chi connectivity index (χ3n) is 3.04. The molecule has 2 atom stereocenters. The van der Waals surface area contributed by atoms with Crippen LogP contribution in [0.2, 0.25) is 0 Å². The van der Waals surface area contributed by atoms with E-state index in [2.05, 4.69) is 9.97 Å². The summed E-state index contributed by atoms with van der Waals surface area (Å²) in [6, 6.07) is 3.91. The standard InChI is InChI=1S/C14H18As2N2O3/c1-19-10-5-8(6-11(20-2)12(10)21-3)4-9-7-17-14(16)18-13(9)15/h5-7H,4,15-16H2,1-3H3. The summed E-state index contributed by atoms with van der Waals surface area (Å²) in [7, 11) is 4.83. The van der Waals surface area contributed by atoms with Gasteiger partial charge >= 0.3 is 141 Å². The molecule has 1 heterocycles. The van der Waals surface area contributed by atoms with Crippen molar-refractivity contribution in [2.75, 3.05) is 21.3 Å². The summed E-state index contributed by atoms with van der Waals surface area (Å²) < 4.78 is 18.0. The van der Waals surface area contributed by atoms with Crippen LogP contribution in [0.5, 0.6) is 17.2 Å². The molecule has 0 bridgehead atoms. The molecule has 1 aromatic carbocycles. The Morgan fingerprint density at radius 2 is 1.62 bits per heavy atom. The van der Waals surface area contributed by atoms with Crippen LogP contribution in [0.15, 0.2) is 18.3 Å². The first-order valence-corrected chi connectivity index (χ1v) is 8.67. The van der Waals surface area contributed by atoms with Crippen molar-refractivity contribution in [1.82, 2.24) is 9.97 Å². The number of aromatic nitrogens is 2. The molecule has 0 amide bonds. The molecule has 7 heteroatoms. The molecule has 1 aromatic heterocycles. The summed E-state index contributed by atoms with van der Waals surface area (Å²) in [5, 5.41) is 0. The van der Waals surface area contributed by atoms with Crippen LogP contribution in [0.3, 0.4) is 0 Å². The maximum absolute atomic E-state index is 5.38. The van der Waals surface area contributed by atoms with Gasteiger partial charge in [-0.25, -0.2) is 0 Å². The summed E-state index contributed by atoms with van der Waals surface area (Å²) in [6.45, 7) is 0. The van der Waals surface area contributed by atoms with Crippen molar-refractivity contribution in [2.24, 2.45) is 0 Å². The Labute approximate surface area is 141 Å². The van der Waals surface area contributed by atoms with Crippen LogP contribution < -0.4 is 23.3 Å². The quantitative estimate of drug-likeness (QED) is 0.567. The zero-order valence-electron chi connectivity index (χ0n) is 12.2. The van der Waals surface area contributed by atoms with Crippen molar-refractivity contribution in [3.05, 3.63) is 29.5 Å². The van der Waals surface area contributed by atoms with Gasteiger partial charge in [-0.1, -0.05) is 0 Å². The molecule has 5 nitrogen and oxygen atoms in total. The topological polar surface area (TPSA) is 53.5 Å². The predicted molar refractivity (Wildman–Crippen MR) is 87.3 cm³/mol. The first-order chi connectivity index (χ1) is 10.1. The fourth-order valence-corrected chi connectivity index (χ4v) is 3.78. The minimum atomic E-state index is 0.604. The Hall–Kier alpha value is -1.18. The van der Waals surface area contributed by atoms with Gasteiger partial charge in [0.2, 0.25) is 0 Å². The van der Waals surface area contributed by atoms with Gasteiger partial charge in [0, 0.05) is 0 Å². The van der Waals surface area contributed by atoms with Gasteiger partial charge < -0.3 is 0 Å². The van der Waals surface area contributed by atoms with Gasteiger partial charge in [-0.2, -0.15) is 0 Å². The second-order valence-electron chi connectivity index (χ2n) is 4.35. The minimum absolute atomic E-state index is 0.604. The van der Waals surface area contributed by atoms with E-state index in [1.54, 1.807) is 21.3 Å². The van der Waals surface area contributed by atoms with Crippen LogP contribution in [0.1, 0.15) is 11.1 Å². The number of hydrogen-bond acceptors (Lipinski definition) is 5. The van der Waals surface area contributed by atoms with Crippen molar-refractivity contribution in [2.45, 2.75) is 6.42 Å². The molecule has 0 spiro atoms. The molecule has 0 saturated carbocycles. The van der Waals surface area contributed by atoms with E-state index in [0.717, 1.165) is 26.6 Å². The van der Waals surface area contributed by atoms with Crippen molar-refractivity contribution in [3.63, 3.8) is 0 Å². The molecule has 0 aliphatic heterocycles. The molecule has 112 valence electrons. The molecule has 0 aliphatic rings. The molecule has 0 aliphatic carbocycles. The predicted octanol–water partition coefficient (Wildman–Crippen LogP) is -1.39. The number of rotatable bonds is 5. The Morgan fingerprint density at radius 1 is 1.00 bits per heavy atom. The Kier molecular flexibility index (Phi) is 5.55. The molecule has 2 rings (SSSR count). The Morgan fingerprint density at radius 3 is 2.10 bits per heavy atom. The average Bonchev–Trinajstić information content (AvgIpc) is 2.49. The van der Waals surface area contributed by atoms with Gasteiger partial charge in [0.25, 0.3) is 0 Å². The van der Waals surface area contributed by atoms with E-state index in [4.69, 9.17) is 14.2 Å². The summed E-state index contributed by atoms with van der Waals surface area (Å²) in [4.78, 5) is 8.74. The third-order valence-corrected chi connectivity index (χ3v) is 4.67. The van der Waals surface area contributed by atoms with Gasteiger partial charge in [0.05, 0.1) is 0 Å². The second-order valence-corrected chi connectivity index (χ2v) is 6.58. The van der Waals surface area contributed by atoms with Gasteiger partial charge in [-0.05, 0) is 0 Å². The van der Waals surface area contributed by atoms with Gasteiger partial charge in [-0.3, -0.25) is 0 Å². The zero-order chi connectivity index (χ0) is 15.4. The molecule has 2 unspecified atom stereocenters. The normalized spacial score (nSPS) is 10.3. The summed E-state index contributed by atoms with van der Waals surface area (Å²) >= 11 is 2.94. The van der Waals surface area contributed by atoms with Gasteiger partial charge in [0.1, 0.15) is 0 Å². The summed E-state index contributed by atoms with van der Waals surface area (Å²) in [5.74, 6) is 1.92. The fourth-order valence-electron chi connectivity index (χ4n) is 2.03. The molecular weight excluding hydrogens is 394 g/mol. The van der Waals surface area contributed by atoms with E-state index in [1.165, 1.54) is 33.7 Å². The maximum atomic E-state index is 5.38. The van der Waals surface area contributed by atoms with Crippen LogP contribution in [0.25, 0.3) is 0 Å². The first kappa shape index (κ1) is 16.2. The number of methoxy groups -OCH3 is 3. The van der Waals surface area contributed by atoms with Crippen LogP contribution in [0.4, 0.5) is 0 Å². The summed E-state index contributed by atoms with van der Waals surface area (Å²) in [6.07, 6.45) is 2.63. The van der Waals surface area contributed by atoms with Crippen molar-refractivity contribution < 1.29 is 14.2 Å². The SMILES string of the molecule is COc1cc(Cc2cnc([AsH2])nc2[AsH2])cc(OC)c1OC. The monoisotopic (exact) mass is 412 g/mol. The van der Waals surface area contributed by atoms with Gasteiger partial charge in [0.15, 0.2) is 0 Å².